The number of carbonyl (C=O) groups excluding carboxylic acids is 1. The lowest BCUT2D eigenvalue weighted by atomic mass is 10.2. The minimum atomic E-state index is -0.164. The van der Waals surface area contributed by atoms with Crippen LogP contribution in [0.25, 0.3) is 22.3 Å². The number of hydrogen-bond acceptors (Lipinski definition) is 8. The van der Waals surface area contributed by atoms with Crippen LogP contribution in [-0.4, -0.2) is 59.5 Å². The summed E-state index contributed by atoms with van der Waals surface area (Å²) in [6.07, 6.45) is 5.36. The molecule has 4 rings (SSSR count). The Hall–Kier alpha value is -4.18. The molecule has 2 heterocycles. The molecular formula is C24H27N7O3. The van der Waals surface area contributed by atoms with Crippen molar-refractivity contribution in [2.75, 3.05) is 38.8 Å². The van der Waals surface area contributed by atoms with Crippen molar-refractivity contribution in [1.82, 2.24) is 25.1 Å². The molecule has 0 aliphatic rings. The first-order valence-corrected chi connectivity index (χ1v) is 10.7. The van der Waals surface area contributed by atoms with Gasteiger partial charge in [0.2, 0.25) is 5.91 Å². The molecule has 4 aromatic rings. The molecule has 1 amide bonds. The Bertz CT molecular complexity index is 1280. The highest BCUT2D eigenvalue weighted by atomic mass is 16.5. The van der Waals surface area contributed by atoms with Crippen LogP contribution in [0.2, 0.25) is 0 Å². The van der Waals surface area contributed by atoms with E-state index in [9.17, 15) is 4.79 Å². The van der Waals surface area contributed by atoms with Crippen LogP contribution in [0.1, 0.15) is 0 Å². The third kappa shape index (κ3) is 5.07. The van der Waals surface area contributed by atoms with Crippen molar-refractivity contribution in [3.63, 3.8) is 0 Å². The van der Waals surface area contributed by atoms with Crippen LogP contribution in [0.15, 0.2) is 55.0 Å². The third-order valence-electron chi connectivity index (χ3n) is 5.25. The van der Waals surface area contributed by atoms with Gasteiger partial charge in [-0.25, -0.2) is 4.98 Å². The molecule has 3 N–H and O–H groups in total. The van der Waals surface area contributed by atoms with Gasteiger partial charge in [-0.1, -0.05) is 0 Å². The summed E-state index contributed by atoms with van der Waals surface area (Å²) in [7, 11) is 5.02. The molecule has 0 aliphatic carbocycles. The number of amides is 1. The number of ether oxygens (including phenoxy) is 2. The van der Waals surface area contributed by atoms with Crippen LogP contribution in [0.5, 0.6) is 11.5 Å². The van der Waals surface area contributed by atoms with Crippen LogP contribution >= 0.6 is 0 Å². The number of fused-ring (bicyclic) bond motifs is 1. The number of nitrogens with one attached hydrogen (secondary N) is 1. The Kier molecular flexibility index (Phi) is 6.88. The Morgan fingerprint density at radius 1 is 1.06 bits per heavy atom. The van der Waals surface area contributed by atoms with Gasteiger partial charge in [0.25, 0.3) is 0 Å². The van der Waals surface area contributed by atoms with Crippen LogP contribution in [0.3, 0.4) is 0 Å². The molecule has 176 valence electrons. The van der Waals surface area contributed by atoms with E-state index in [1.165, 1.54) is 0 Å². The maximum absolute atomic E-state index is 12.7. The van der Waals surface area contributed by atoms with E-state index in [0.29, 0.717) is 35.8 Å². The van der Waals surface area contributed by atoms with Crippen molar-refractivity contribution in [2.24, 2.45) is 12.8 Å². The van der Waals surface area contributed by atoms with E-state index in [0.717, 1.165) is 22.5 Å². The molecule has 10 heteroatoms. The Balaban J connectivity index is 1.78. The largest absolute Gasteiger partial charge is 0.497 e. The standard InChI is InChI=1S/C24H27N7O3/c1-30-14-16(12-28-30)23-13-27-21-5-4-17(10-22(21)29-23)31(15-24(32)26-7-6-25)18-8-19(33-2)11-20(9-18)34-3/h4-5,8-14H,6-7,15,25H2,1-3H3,(H,26,32). The lowest BCUT2D eigenvalue weighted by molar-refractivity contribution is -0.119. The Morgan fingerprint density at radius 2 is 1.82 bits per heavy atom. The quantitative estimate of drug-likeness (QED) is 0.389. The van der Waals surface area contributed by atoms with Gasteiger partial charge in [0.1, 0.15) is 18.0 Å². The number of aromatic nitrogens is 4. The summed E-state index contributed by atoms with van der Waals surface area (Å²) in [5.41, 5.74) is 10.1. The fraction of sp³-hybridized carbons (Fsp3) is 0.250. The van der Waals surface area contributed by atoms with E-state index in [1.807, 2.05) is 48.5 Å². The van der Waals surface area contributed by atoms with Crippen molar-refractivity contribution in [3.05, 3.63) is 55.0 Å². The number of methoxy groups -OCH3 is 2. The van der Waals surface area contributed by atoms with Crippen LogP contribution in [-0.2, 0) is 11.8 Å². The molecular weight excluding hydrogens is 434 g/mol. The maximum Gasteiger partial charge on any atom is 0.240 e. The summed E-state index contributed by atoms with van der Waals surface area (Å²) in [5.74, 6) is 1.06. The fourth-order valence-electron chi connectivity index (χ4n) is 3.55. The highest BCUT2D eigenvalue weighted by molar-refractivity contribution is 5.88. The lowest BCUT2D eigenvalue weighted by Gasteiger charge is -2.25. The normalized spacial score (nSPS) is 10.8. The van der Waals surface area contributed by atoms with Gasteiger partial charge in [-0.2, -0.15) is 5.10 Å². The predicted molar refractivity (Wildman–Crippen MR) is 130 cm³/mol. The molecule has 0 saturated heterocycles. The van der Waals surface area contributed by atoms with Gasteiger partial charge in [0.05, 0.1) is 43.3 Å². The van der Waals surface area contributed by atoms with Gasteiger partial charge in [-0.05, 0) is 18.2 Å². The van der Waals surface area contributed by atoms with E-state index in [1.54, 1.807) is 37.4 Å². The Labute approximate surface area is 197 Å². The third-order valence-corrected chi connectivity index (χ3v) is 5.25. The fourth-order valence-corrected chi connectivity index (χ4v) is 3.55. The van der Waals surface area contributed by atoms with Crippen LogP contribution in [0, 0.1) is 0 Å². The molecule has 0 spiro atoms. The minimum absolute atomic E-state index is 0.0670. The second-order valence-electron chi connectivity index (χ2n) is 7.63. The molecule has 0 saturated carbocycles. The molecule has 2 aromatic carbocycles. The second kappa shape index (κ2) is 10.2. The smallest absolute Gasteiger partial charge is 0.240 e. The first-order chi connectivity index (χ1) is 16.5. The zero-order valence-corrected chi connectivity index (χ0v) is 19.4. The van der Waals surface area contributed by atoms with Gasteiger partial charge < -0.3 is 25.4 Å². The first kappa shape index (κ1) is 23.0. The number of hydrogen-bond donors (Lipinski definition) is 2. The van der Waals surface area contributed by atoms with Crippen LogP contribution in [0.4, 0.5) is 11.4 Å². The van der Waals surface area contributed by atoms with Crippen molar-refractivity contribution in [3.8, 4) is 22.8 Å². The summed E-state index contributed by atoms with van der Waals surface area (Å²) in [4.78, 5) is 23.9. The van der Waals surface area contributed by atoms with Gasteiger partial charge >= 0.3 is 0 Å². The van der Waals surface area contributed by atoms with Crippen LogP contribution < -0.4 is 25.4 Å². The van der Waals surface area contributed by atoms with E-state index in [4.69, 9.17) is 20.2 Å². The van der Waals surface area contributed by atoms with Crippen molar-refractivity contribution in [1.29, 1.82) is 0 Å². The molecule has 10 nitrogen and oxygen atoms in total. The number of aryl methyl sites for hydroxylation is 1. The summed E-state index contributed by atoms with van der Waals surface area (Å²) in [6.45, 7) is 0.824. The average molecular weight is 462 g/mol. The number of nitrogens with two attached hydrogens (primary N) is 1. The number of carbonyl (C=O) groups is 1. The molecule has 0 unspecified atom stereocenters. The highest BCUT2D eigenvalue weighted by Crippen LogP contribution is 2.34. The molecule has 0 fully saturated rings. The van der Waals surface area contributed by atoms with Gasteiger partial charge in [-0.3, -0.25) is 14.5 Å². The molecule has 2 aromatic heterocycles. The van der Waals surface area contributed by atoms with Crippen molar-refractivity contribution < 1.29 is 14.3 Å². The molecule has 0 aliphatic heterocycles. The number of nitrogens with zero attached hydrogens (tertiary/aromatic N) is 5. The Morgan fingerprint density at radius 3 is 2.47 bits per heavy atom. The van der Waals surface area contributed by atoms with E-state index < -0.39 is 0 Å². The SMILES string of the molecule is COc1cc(OC)cc(N(CC(=O)NCCN)c2ccc3ncc(-c4cnn(C)c4)nc3c2)c1. The minimum Gasteiger partial charge on any atom is -0.497 e. The summed E-state index contributed by atoms with van der Waals surface area (Å²) < 4.78 is 12.6. The first-order valence-electron chi connectivity index (χ1n) is 10.7. The summed E-state index contributed by atoms with van der Waals surface area (Å²) in [6, 6.07) is 11.2. The molecule has 0 bridgehead atoms. The summed E-state index contributed by atoms with van der Waals surface area (Å²) >= 11 is 0. The summed E-state index contributed by atoms with van der Waals surface area (Å²) in [5, 5.41) is 7.04. The number of rotatable bonds is 9. The second-order valence-corrected chi connectivity index (χ2v) is 7.63. The maximum atomic E-state index is 12.7. The van der Waals surface area contributed by atoms with Crippen molar-refractivity contribution in [2.45, 2.75) is 0 Å². The van der Waals surface area contributed by atoms with E-state index >= 15 is 0 Å². The highest BCUT2D eigenvalue weighted by Gasteiger charge is 2.17. The molecule has 34 heavy (non-hydrogen) atoms. The number of anilines is 2. The zero-order valence-electron chi connectivity index (χ0n) is 19.4. The van der Waals surface area contributed by atoms with Crippen molar-refractivity contribution >= 4 is 28.3 Å². The lowest BCUT2D eigenvalue weighted by Crippen LogP contribution is -2.37. The van der Waals surface area contributed by atoms with Gasteiger partial charge in [0, 0.05) is 61.5 Å². The monoisotopic (exact) mass is 461 g/mol. The molecule has 0 radical (unpaired) electrons. The number of benzene rings is 2. The zero-order chi connectivity index (χ0) is 24.1. The van der Waals surface area contributed by atoms with E-state index in [-0.39, 0.29) is 12.5 Å². The molecule has 0 atom stereocenters. The van der Waals surface area contributed by atoms with Gasteiger partial charge in [0.15, 0.2) is 0 Å². The topological polar surface area (TPSA) is 120 Å². The van der Waals surface area contributed by atoms with Gasteiger partial charge in [-0.15, -0.1) is 0 Å². The predicted octanol–water partition coefficient (Wildman–Crippen LogP) is 2.26. The van der Waals surface area contributed by atoms with E-state index in [2.05, 4.69) is 15.4 Å². The average Bonchev–Trinajstić information content (AvgIpc) is 3.31.